The molecule has 0 saturated carbocycles. The fourth-order valence-corrected chi connectivity index (χ4v) is 2.20. The van der Waals surface area contributed by atoms with Crippen LogP contribution >= 0.6 is 0 Å². The van der Waals surface area contributed by atoms with Crippen LogP contribution in [0.5, 0.6) is 0 Å². The molecule has 19 heavy (non-hydrogen) atoms. The molecule has 3 amide bonds. The summed E-state index contributed by atoms with van der Waals surface area (Å²) in [5.41, 5.74) is 2.50. The van der Waals surface area contributed by atoms with Gasteiger partial charge in [0, 0.05) is 19.6 Å². The molecule has 0 spiro atoms. The molecule has 0 aliphatic carbocycles. The van der Waals surface area contributed by atoms with Gasteiger partial charge >= 0.3 is 6.03 Å². The second-order valence-electron chi connectivity index (χ2n) is 4.55. The molecule has 0 unspecified atom stereocenters. The molecule has 5 heteroatoms. The summed E-state index contributed by atoms with van der Waals surface area (Å²) in [7, 11) is 0. The van der Waals surface area contributed by atoms with Crippen molar-refractivity contribution in [1.82, 2.24) is 15.5 Å². The highest BCUT2D eigenvalue weighted by Gasteiger charge is 2.20. The number of benzene rings is 1. The van der Waals surface area contributed by atoms with Crippen molar-refractivity contribution in [1.29, 1.82) is 0 Å². The van der Waals surface area contributed by atoms with E-state index in [1.807, 2.05) is 25.1 Å². The minimum atomic E-state index is -0.298. The van der Waals surface area contributed by atoms with Crippen molar-refractivity contribution in [3.05, 3.63) is 35.4 Å². The maximum atomic E-state index is 12.0. The summed E-state index contributed by atoms with van der Waals surface area (Å²) in [4.78, 5) is 25.0. The number of carbonyl (C=O) groups is 2. The summed E-state index contributed by atoms with van der Waals surface area (Å²) in [6.45, 7) is 3.78. The average molecular weight is 261 g/mol. The molecule has 1 aromatic carbocycles. The molecule has 2 rings (SSSR count). The number of nitrogens with one attached hydrogen (secondary N) is 2. The number of nitrogens with zero attached hydrogens (tertiary/aromatic N) is 1. The van der Waals surface area contributed by atoms with Gasteiger partial charge in [0.15, 0.2) is 0 Å². The molecule has 0 bridgehead atoms. The highest BCUT2D eigenvalue weighted by molar-refractivity contribution is 5.84. The molecule has 1 aliphatic rings. The smallest absolute Gasteiger partial charge is 0.315 e. The molecular formula is C14H19N3O2. The fraction of sp³-hybridized carbons (Fsp3) is 0.429. The lowest BCUT2D eigenvalue weighted by Crippen LogP contribution is -2.45. The van der Waals surface area contributed by atoms with Crippen LogP contribution in [0.2, 0.25) is 0 Å². The van der Waals surface area contributed by atoms with Crippen LogP contribution in [0.4, 0.5) is 4.79 Å². The predicted molar refractivity (Wildman–Crippen MR) is 72.6 cm³/mol. The van der Waals surface area contributed by atoms with Gasteiger partial charge in [0.05, 0.1) is 6.54 Å². The van der Waals surface area contributed by atoms with Gasteiger partial charge in [-0.25, -0.2) is 4.79 Å². The van der Waals surface area contributed by atoms with Gasteiger partial charge in [0.1, 0.15) is 0 Å². The summed E-state index contributed by atoms with van der Waals surface area (Å²) >= 11 is 0. The number of hydrogen-bond acceptors (Lipinski definition) is 2. The Balaban J connectivity index is 1.87. The van der Waals surface area contributed by atoms with Crippen LogP contribution in [0.15, 0.2) is 24.3 Å². The molecule has 0 atom stereocenters. The van der Waals surface area contributed by atoms with E-state index < -0.39 is 0 Å². The molecule has 0 fully saturated rings. The van der Waals surface area contributed by atoms with E-state index >= 15 is 0 Å². The first kappa shape index (κ1) is 13.4. The first-order valence-electron chi connectivity index (χ1n) is 6.57. The van der Waals surface area contributed by atoms with Gasteiger partial charge in [-0.1, -0.05) is 24.3 Å². The van der Waals surface area contributed by atoms with Crippen LogP contribution in [0.3, 0.4) is 0 Å². The lowest BCUT2D eigenvalue weighted by atomic mass is 10.00. The van der Waals surface area contributed by atoms with Crippen LogP contribution in [-0.2, 0) is 17.8 Å². The zero-order valence-corrected chi connectivity index (χ0v) is 11.1. The van der Waals surface area contributed by atoms with Gasteiger partial charge in [0.25, 0.3) is 0 Å². The molecule has 1 heterocycles. The zero-order valence-electron chi connectivity index (χ0n) is 11.1. The predicted octanol–water partition coefficient (Wildman–Crippen LogP) is 0.890. The van der Waals surface area contributed by atoms with E-state index in [0.717, 1.165) is 6.42 Å². The molecule has 2 N–H and O–H groups in total. The van der Waals surface area contributed by atoms with Crippen molar-refractivity contribution < 1.29 is 9.59 Å². The van der Waals surface area contributed by atoms with E-state index in [-0.39, 0.29) is 18.5 Å². The molecule has 1 aromatic rings. The number of carbonyl (C=O) groups excluding carboxylic acids is 2. The summed E-state index contributed by atoms with van der Waals surface area (Å²) in [6, 6.07) is 7.86. The summed E-state index contributed by atoms with van der Waals surface area (Å²) in [5, 5.41) is 5.16. The number of rotatable bonds is 3. The lowest BCUT2D eigenvalue weighted by molar-refractivity contribution is -0.130. The van der Waals surface area contributed by atoms with E-state index in [2.05, 4.69) is 16.7 Å². The van der Waals surface area contributed by atoms with Crippen molar-refractivity contribution >= 4 is 11.9 Å². The Morgan fingerprint density at radius 3 is 2.68 bits per heavy atom. The van der Waals surface area contributed by atoms with Crippen molar-refractivity contribution in [3.63, 3.8) is 0 Å². The Bertz CT molecular complexity index is 474. The number of hydrogen-bond donors (Lipinski definition) is 2. The van der Waals surface area contributed by atoms with Crippen molar-refractivity contribution in [3.8, 4) is 0 Å². The largest absolute Gasteiger partial charge is 0.338 e. The van der Waals surface area contributed by atoms with E-state index in [9.17, 15) is 9.59 Å². The minimum absolute atomic E-state index is 0.0410. The summed E-state index contributed by atoms with van der Waals surface area (Å²) < 4.78 is 0. The maximum absolute atomic E-state index is 12.0. The number of urea groups is 1. The summed E-state index contributed by atoms with van der Waals surface area (Å²) in [5.74, 6) is -0.0410. The van der Waals surface area contributed by atoms with Gasteiger partial charge in [-0.3, -0.25) is 4.79 Å². The fourth-order valence-electron chi connectivity index (χ4n) is 2.20. The van der Waals surface area contributed by atoms with Crippen molar-refractivity contribution in [2.75, 3.05) is 19.6 Å². The van der Waals surface area contributed by atoms with Gasteiger partial charge in [0.2, 0.25) is 5.91 Å². The van der Waals surface area contributed by atoms with Crippen molar-refractivity contribution in [2.45, 2.75) is 19.9 Å². The van der Waals surface area contributed by atoms with Gasteiger partial charge in [-0.15, -0.1) is 0 Å². The van der Waals surface area contributed by atoms with Crippen LogP contribution in [0.25, 0.3) is 0 Å². The molecule has 5 nitrogen and oxygen atoms in total. The molecule has 1 aliphatic heterocycles. The molecule has 102 valence electrons. The second kappa shape index (κ2) is 6.22. The standard InChI is InChI=1S/C14H19N3O2/c1-2-15-14(19)16-9-13(18)17-8-7-11-5-3-4-6-12(11)10-17/h3-6H,2,7-10H2,1H3,(H2,15,16,19). The highest BCUT2D eigenvalue weighted by Crippen LogP contribution is 2.18. The zero-order chi connectivity index (χ0) is 13.7. The highest BCUT2D eigenvalue weighted by atomic mass is 16.2. The molecule has 0 aromatic heterocycles. The average Bonchev–Trinajstić information content (AvgIpc) is 2.44. The first-order chi connectivity index (χ1) is 9.20. The van der Waals surface area contributed by atoms with E-state index in [0.29, 0.717) is 19.6 Å². The monoisotopic (exact) mass is 261 g/mol. The Hall–Kier alpha value is -2.04. The van der Waals surface area contributed by atoms with Crippen molar-refractivity contribution in [2.24, 2.45) is 0 Å². The van der Waals surface area contributed by atoms with Gasteiger partial charge < -0.3 is 15.5 Å². The third-order valence-corrected chi connectivity index (χ3v) is 3.22. The van der Waals surface area contributed by atoms with Crippen LogP contribution in [-0.4, -0.2) is 36.5 Å². The Labute approximate surface area is 113 Å². The van der Waals surface area contributed by atoms with E-state index in [4.69, 9.17) is 0 Å². The first-order valence-corrected chi connectivity index (χ1v) is 6.57. The quantitative estimate of drug-likeness (QED) is 0.849. The minimum Gasteiger partial charge on any atom is -0.338 e. The van der Waals surface area contributed by atoms with Crippen LogP contribution < -0.4 is 10.6 Å². The third-order valence-electron chi connectivity index (χ3n) is 3.22. The molecule has 0 radical (unpaired) electrons. The second-order valence-corrected chi connectivity index (χ2v) is 4.55. The molecule has 0 saturated heterocycles. The van der Waals surface area contributed by atoms with Crippen LogP contribution in [0, 0.1) is 0 Å². The maximum Gasteiger partial charge on any atom is 0.315 e. The van der Waals surface area contributed by atoms with E-state index in [1.54, 1.807) is 4.90 Å². The van der Waals surface area contributed by atoms with Gasteiger partial charge in [-0.05, 0) is 24.5 Å². The summed E-state index contributed by atoms with van der Waals surface area (Å²) in [6.07, 6.45) is 0.878. The SMILES string of the molecule is CCNC(=O)NCC(=O)N1CCc2ccccc2C1. The lowest BCUT2D eigenvalue weighted by Gasteiger charge is -2.28. The number of fused-ring (bicyclic) bond motifs is 1. The Morgan fingerprint density at radius 1 is 1.21 bits per heavy atom. The third kappa shape index (κ3) is 3.47. The molecular weight excluding hydrogens is 242 g/mol. The van der Waals surface area contributed by atoms with E-state index in [1.165, 1.54) is 11.1 Å². The normalized spacial score (nSPS) is 13.6. The topological polar surface area (TPSA) is 61.4 Å². The Kier molecular flexibility index (Phi) is 4.39. The number of amides is 3. The van der Waals surface area contributed by atoms with Crippen LogP contribution in [0.1, 0.15) is 18.1 Å². The Morgan fingerprint density at radius 2 is 1.95 bits per heavy atom. The van der Waals surface area contributed by atoms with Gasteiger partial charge in [-0.2, -0.15) is 0 Å².